The van der Waals surface area contributed by atoms with E-state index >= 15 is 0 Å². The fourth-order valence-corrected chi connectivity index (χ4v) is 5.29. The maximum atomic E-state index is 14.7. The Kier molecular flexibility index (Phi) is 9.86. The van der Waals surface area contributed by atoms with E-state index in [2.05, 4.69) is 10.6 Å². The van der Waals surface area contributed by atoms with Crippen LogP contribution < -0.4 is 10.6 Å². The molecule has 0 spiro atoms. The molecule has 0 aliphatic carbocycles. The molecule has 0 aromatic heterocycles. The molecule has 0 aliphatic rings. The molecule has 236 valence electrons. The van der Waals surface area contributed by atoms with E-state index in [0.717, 1.165) is 16.3 Å². The molecule has 8 heteroatoms. The van der Waals surface area contributed by atoms with Crippen molar-refractivity contribution in [2.24, 2.45) is 0 Å². The summed E-state index contributed by atoms with van der Waals surface area (Å²) in [4.78, 5) is 43.6. The van der Waals surface area contributed by atoms with Crippen molar-refractivity contribution < 1.29 is 24.2 Å². The minimum atomic E-state index is -1.25. The summed E-state index contributed by atoms with van der Waals surface area (Å²) >= 11 is 0. The van der Waals surface area contributed by atoms with Gasteiger partial charge in [0.15, 0.2) is 0 Å². The molecular formula is C37H43N3O5. The number of aromatic hydroxyl groups is 1. The third-order valence-corrected chi connectivity index (χ3v) is 7.32. The molecule has 0 saturated heterocycles. The second kappa shape index (κ2) is 13.4. The number of hydrogen-bond donors (Lipinski definition) is 3. The molecule has 4 aromatic carbocycles. The van der Waals surface area contributed by atoms with Crippen molar-refractivity contribution in [3.63, 3.8) is 0 Å². The Morgan fingerprint density at radius 3 is 2.11 bits per heavy atom. The minimum absolute atomic E-state index is 0.0853. The topological polar surface area (TPSA) is 108 Å². The third kappa shape index (κ3) is 8.41. The number of nitrogens with zero attached hydrogens (tertiary/aromatic N) is 1. The van der Waals surface area contributed by atoms with Crippen molar-refractivity contribution in [3.05, 3.63) is 108 Å². The summed E-state index contributed by atoms with van der Waals surface area (Å²) in [6, 6.07) is 25.5. The molecule has 3 N–H and O–H groups in total. The quantitative estimate of drug-likeness (QED) is 0.194. The molecule has 4 rings (SSSR count). The number of amides is 3. The van der Waals surface area contributed by atoms with E-state index in [9.17, 15) is 19.5 Å². The molecule has 2 unspecified atom stereocenters. The van der Waals surface area contributed by atoms with E-state index in [1.165, 1.54) is 4.90 Å². The fourth-order valence-electron chi connectivity index (χ4n) is 5.29. The van der Waals surface area contributed by atoms with Gasteiger partial charge in [-0.1, -0.05) is 78.9 Å². The van der Waals surface area contributed by atoms with E-state index in [1.807, 2.05) is 87.5 Å². The molecule has 2 atom stereocenters. The van der Waals surface area contributed by atoms with Crippen LogP contribution in [0, 0.1) is 6.92 Å². The summed E-state index contributed by atoms with van der Waals surface area (Å²) in [5.41, 5.74) is 0.478. The summed E-state index contributed by atoms with van der Waals surface area (Å²) in [5.74, 6) is -1.10. The molecule has 0 heterocycles. The number of anilines is 1. The lowest BCUT2D eigenvalue weighted by Crippen LogP contribution is -2.58. The molecule has 0 radical (unpaired) electrons. The average molecular weight is 610 g/mol. The van der Waals surface area contributed by atoms with Gasteiger partial charge in [0.05, 0.1) is 0 Å². The highest BCUT2D eigenvalue weighted by Gasteiger charge is 2.43. The normalized spacial score (nSPS) is 13.0. The van der Waals surface area contributed by atoms with Crippen LogP contribution in [0.2, 0.25) is 0 Å². The lowest BCUT2D eigenvalue weighted by molar-refractivity contribution is -0.146. The number of carbonyl (C=O) groups excluding carboxylic acids is 3. The Balaban J connectivity index is 1.81. The van der Waals surface area contributed by atoms with Gasteiger partial charge in [0, 0.05) is 23.2 Å². The number of phenolic OH excluding ortho intramolecular Hbond substituents is 1. The molecule has 0 saturated carbocycles. The largest absolute Gasteiger partial charge is 0.507 e. The van der Waals surface area contributed by atoms with Crippen LogP contribution in [0.25, 0.3) is 10.8 Å². The second-order valence-corrected chi connectivity index (χ2v) is 13.2. The summed E-state index contributed by atoms with van der Waals surface area (Å²) in [5, 5.41) is 19.0. The highest BCUT2D eigenvalue weighted by atomic mass is 16.6. The van der Waals surface area contributed by atoms with Gasteiger partial charge >= 0.3 is 6.09 Å². The average Bonchev–Trinajstić information content (AvgIpc) is 2.95. The zero-order valence-corrected chi connectivity index (χ0v) is 27.0. The van der Waals surface area contributed by atoms with Gasteiger partial charge in [0.25, 0.3) is 5.91 Å². The van der Waals surface area contributed by atoms with Crippen molar-refractivity contribution >= 4 is 34.4 Å². The van der Waals surface area contributed by atoms with E-state index in [1.54, 1.807) is 52.0 Å². The minimum Gasteiger partial charge on any atom is -0.507 e. The number of alkyl carbamates (subject to hydrolysis) is 1. The van der Waals surface area contributed by atoms with Gasteiger partial charge < -0.3 is 25.4 Å². The number of phenols is 1. The molecule has 3 amide bonds. The van der Waals surface area contributed by atoms with Crippen LogP contribution >= 0.6 is 0 Å². The van der Waals surface area contributed by atoms with Crippen molar-refractivity contribution in [2.45, 2.75) is 78.1 Å². The van der Waals surface area contributed by atoms with Crippen LogP contribution in [0.15, 0.2) is 91.0 Å². The van der Waals surface area contributed by atoms with Crippen LogP contribution in [0.5, 0.6) is 5.75 Å². The third-order valence-electron chi connectivity index (χ3n) is 7.32. The van der Waals surface area contributed by atoms with Crippen molar-refractivity contribution in [1.29, 1.82) is 0 Å². The molecule has 8 nitrogen and oxygen atoms in total. The van der Waals surface area contributed by atoms with Crippen LogP contribution in [0.4, 0.5) is 10.5 Å². The van der Waals surface area contributed by atoms with Gasteiger partial charge in [-0.05, 0) is 82.5 Å². The number of hydrogen-bond acceptors (Lipinski definition) is 5. The first-order valence-corrected chi connectivity index (χ1v) is 15.1. The lowest BCUT2D eigenvalue weighted by atomic mass is 9.92. The van der Waals surface area contributed by atoms with Crippen LogP contribution in [-0.4, -0.2) is 45.1 Å². The first kappa shape index (κ1) is 33.1. The number of ether oxygens (including phenoxy) is 1. The van der Waals surface area contributed by atoms with Gasteiger partial charge in [-0.25, -0.2) is 4.79 Å². The van der Waals surface area contributed by atoms with E-state index in [0.29, 0.717) is 11.3 Å². The maximum Gasteiger partial charge on any atom is 0.408 e. The zero-order chi connectivity index (χ0) is 32.9. The van der Waals surface area contributed by atoms with Gasteiger partial charge in [-0.15, -0.1) is 0 Å². The smallest absolute Gasteiger partial charge is 0.408 e. The Bertz CT molecular complexity index is 1670. The van der Waals surface area contributed by atoms with Crippen molar-refractivity contribution in [2.75, 3.05) is 5.32 Å². The van der Waals surface area contributed by atoms with Crippen LogP contribution in [0.3, 0.4) is 0 Å². The lowest BCUT2D eigenvalue weighted by Gasteiger charge is -2.43. The van der Waals surface area contributed by atoms with Gasteiger partial charge in [0.2, 0.25) is 5.91 Å². The maximum absolute atomic E-state index is 14.7. The number of para-hydroxylation sites is 1. The number of rotatable bonds is 8. The van der Waals surface area contributed by atoms with Gasteiger partial charge in [-0.2, -0.15) is 0 Å². The summed E-state index contributed by atoms with van der Waals surface area (Å²) in [7, 11) is 0. The van der Waals surface area contributed by atoms with E-state index in [4.69, 9.17) is 4.74 Å². The molecule has 0 bridgehead atoms. The first-order chi connectivity index (χ1) is 21.1. The first-order valence-electron chi connectivity index (χ1n) is 15.1. The SMILES string of the molecule is Cc1cccc(C(C(=O)Nc2ccc3ccccc3c2)N(C(=O)C(Cc2ccccc2)NC(=O)OC(C)(C)C)C(C)(C)C)c1O. The predicted molar refractivity (Wildman–Crippen MR) is 178 cm³/mol. The second-order valence-electron chi connectivity index (χ2n) is 13.2. The molecule has 45 heavy (non-hydrogen) atoms. The summed E-state index contributed by atoms with van der Waals surface area (Å²) in [6.45, 7) is 12.4. The van der Waals surface area contributed by atoms with Gasteiger partial charge in [0.1, 0.15) is 23.4 Å². The zero-order valence-electron chi connectivity index (χ0n) is 27.0. The number of nitrogens with one attached hydrogen (secondary N) is 2. The molecule has 0 aliphatic heterocycles. The highest BCUT2D eigenvalue weighted by molar-refractivity contribution is 6.01. The summed E-state index contributed by atoms with van der Waals surface area (Å²) in [6.07, 6.45) is -0.592. The van der Waals surface area contributed by atoms with Crippen LogP contribution in [0.1, 0.15) is 64.3 Å². The molecular weight excluding hydrogens is 566 g/mol. The Labute approximate surface area is 265 Å². The number of benzene rings is 4. The Morgan fingerprint density at radius 2 is 1.47 bits per heavy atom. The number of fused-ring (bicyclic) bond motifs is 1. The number of aryl methyl sites for hydroxylation is 1. The Hall–Kier alpha value is -4.85. The highest BCUT2D eigenvalue weighted by Crippen LogP contribution is 2.37. The molecule has 4 aromatic rings. The standard InChI is InChI=1S/C37H43N3O5/c1-24-14-13-19-29(32(24)41)31(33(42)38-28-21-20-26-17-11-12-18-27(26)23-28)40(36(2,3)4)34(43)30(22-25-15-9-8-10-16-25)39-35(44)45-37(5,6)7/h8-21,23,30-31,41H,22H2,1-7H3,(H,38,42)(H,39,44). The number of carbonyl (C=O) groups is 3. The fraction of sp³-hybridized carbons (Fsp3) is 0.324. The van der Waals surface area contributed by atoms with Crippen LogP contribution in [-0.2, 0) is 20.7 Å². The monoisotopic (exact) mass is 609 g/mol. The van der Waals surface area contributed by atoms with Gasteiger partial charge in [-0.3, -0.25) is 9.59 Å². The molecule has 0 fully saturated rings. The Morgan fingerprint density at radius 1 is 0.822 bits per heavy atom. The predicted octanol–water partition coefficient (Wildman–Crippen LogP) is 7.30. The summed E-state index contributed by atoms with van der Waals surface area (Å²) < 4.78 is 5.52. The van der Waals surface area contributed by atoms with Crippen molar-refractivity contribution in [1.82, 2.24) is 10.2 Å². The van der Waals surface area contributed by atoms with E-state index in [-0.39, 0.29) is 17.7 Å². The van der Waals surface area contributed by atoms with Crippen molar-refractivity contribution in [3.8, 4) is 5.75 Å². The van der Waals surface area contributed by atoms with E-state index < -0.39 is 41.1 Å².